The number of aromatic nitrogens is 2. The zero-order valence-corrected chi connectivity index (χ0v) is 15.8. The van der Waals surface area contributed by atoms with Crippen molar-refractivity contribution >= 4 is 22.4 Å². The van der Waals surface area contributed by atoms with Crippen LogP contribution in [0.25, 0.3) is 11.4 Å². The van der Waals surface area contributed by atoms with E-state index >= 15 is 0 Å². The summed E-state index contributed by atoms with van der Waals surface area (Å²) in [6.07, 6.45) is 4.57. The number of halogens is 1. The highest BCUT2D eigenvalue weighted by molar-refractivity contribution is 7.89. The second kappa shape index (κ2) is 8.71. The van der Waals surface area contributed by atoms with Crippen LogP contribution in [-0.4, -0.2) is 49.4 Å². The van der Waals surface area contributed by atoms with Gasteiger partial charge in [-0.15, -0.1) is 12.4 Å². The molecule has 1 saturated heterocycles. The summed E-state index contributed by atoms with van der Waals surface area (Å²) >= 11 is 0. The van der Waals surface area contributed by atoms with Crippen molar-refractivity contribution in [3.63, 3.8) is 0 Å². The second-order valence-electron chi connectivity index (χ2n) is 6.01. The summed E-state index contributed by atoms with van der Waals surface area (Å²) in [6.45, 7) is 2.03. The van der Waals surface area contributed by atoms with Crippen molar-refractivity contribution in [2.45, 2.75) is 17.7 Å². The van der Waals surface area contributed by atoms with E-state index in [1.54, 1.807) is 4.31 Å². The quantitative estimate of drug-likeness (QED) is 0.857. The number of sulfonamides is 1. The molecule has 2 heterocycles. The normalized spacial score (nSPS) is 16.4. The lowest BCUT2D eigenvalue weighted by Gasteiger charge is -2.30. The monoisotopic (exact) mass is 382 g/mol. The first-order chi connectivity index (χ1) is 11.6. The number of hydrogen-bond donors (Lipinski definition) is 1. The molecule has 0 saturated carbocycles. The van der Waals surface area contributed by atoms with Gasteiger partial charge in [-0.3, -0.25) is 0 Å². The lowest BCUT2D eigenvalue weighted by atomic mass is 9.98. The molecule has 0 unspecified atom stereocenters. The molecule has 0 atom stereocenters. The molecule has 1 aliphatic heterocycles. The average molecular weight is 383 g/mol. The maximum absolute atomic E-state index is 12.7. The van der Waals surface area contributed by atoms with Crippen molar-refractivity contribution in [3.8, 4) is 11.4 Å². The minimum atomic E-state index is -3.51. The van der Waals surface area contributed by atoms with Crippen molar-refractivity contribution in [1.82, 2.24) is 19.6 Å². The molecule has 6 nitrogen and oxygen atoms in total. The Kier molecular flexibility index (Phi) is 6.89. The number of nitrogens with zero attached hydrogens (tertiary/aromatic N) is 3. The van der Waals surface area contributed by atoms with Crippen LogP contribution in [-0.2, 0) is 10.0 Å². The van der Waals surface area contributed by atoms with E-state index in [0.29, 0.717) is 24.8 Å². The molecule has 0 amide bonds. The van der Waals surface area contributed by atoms with Crippen LogP contribution in [0, 0.1) is 5.92 Å². The third-order valence-electron chi connectivity index (χ3n) is 4.36. The Morgan fingerprint density at radius 1 is 1.12 bits per heavy atom. The molecular weight excluding hydrogens is 360 g/mol. The number of rotatable bonds is 5. The van der Waals surface area contributed by atoms with E-state index in [-0.39, 0.29) is 17.3 Å². The highest BCUT2D eigenvalue weighted by Crippen LogP contribution is 2.23. The summed E-state index contributed by atoms with van der Waals surface area (Å²) in [4.78, 5) is 8.62. The van der Waals surface area contributed by atoms with Crippen molar-refractivity contribution in [3.05, 3.63) is 42.7 Å². The third kappa shape index (κ3) is 4.55. The first kappa shape index (κ1) is 19.8. The summed E-state index contributed by atoms with van der Waals surface area (Å²) in [7, 11) is -1.59. The Bertz CT molecular complexity index is 761. The summed E-state index contributed by atoms with van der Waals surface area (Å²) in [6, 6.07) is 9.52. The molecule has 1 aromatic heterocycles. The van der Waals surface area contributed by atoms with Gasteiger partial charge in [-0.1, -0.05) is 30.3 Å². The van der Waals surface area contributed by atoms with Gasteiger partial charge < -0.3 is 5.32 Å². The van der Waals surface area contributed by atoms with Gasteiger partial charge in [-0.2, -0.15) is 4.31 Å². The van der Waals surface area contributed by atoms with Gasteiger partial charge in [0.15, 0.2) is 5.82 Å². The van der Waals surface area contributed by atoms with Gasteiger partial charge in [0.25, 0.3) is 0 Å². The highest BCUT2D eigenvalue weighted by Gasteiger charge is 2.29. The molecule has 25 heavy (non-hydrogen) atoms. The van der Waals surface area contributed by atoms with Crippen LogP contribution in [0.3, 0.4) is 0 Å². The highest BCUT2D eigenvalue weighted by atomic mass is 35.5. The van der Waals surface area contributed by atoms with E-state index in [1.165, 1.54) is 12.4 Å². The Hall–Kier alpha value is -1.54. The van der Waals surface area contributed by atoms with Crippen LogP contribution in [0.2, 0.25) is 0 Å². The molecule has 1 fully saturated rings. The molecule has 1 aromatic carbocycles. The average Bonchev–Trinajstić information content (AvgIpc) is 2.63. The number of piperidine rings is 1. The van der Waals surface area contributed by atoms with Gasteiger partial charge in [-0.25, -0.2) is 18.4 Å². The minimum Gasteiger partial charge on any atom is -0.319 e. The predicted molar refractivity (Wildman–Crippen MR) is 100 cm³/mol. The van der Waals surface area contributed by atoms with Crippen LogP contribution < -0.4 is 5.32 Å². The Morgan fingerprint density at radius 3 is 2.28 bits per heavy atom. The van der Waals surface area contributed by atoms with Gasteiger partial charge in [0.1, 0.15) is 4.90 Å². The standard InChI is InChI=1S/C17H22N4O2S.ClH/c1-18-11-14-7-9-21(10-8-14)24(22,23)16-12-19-17(20-13-16)15-5-3-2-4-6-15;/h2-6,12-14,18H,7-11H2,1H3;1H. The van der Waals surface area contributed by atoms with Gasteiger partial charge in [0.2, 0.25) is 10.0 Å². The Balaban J connectivity index is 0.00000225. The van der Waals surface area contributed by atoms with E-state index in [1.807, 2.05) is 37.4 Å². The first-order valence-electron chi connectivity index (χ1n) is 8.13. The van der Waals surface area contributed by atoms with E-state index in [9.17, 15) is 8.42 Å². The molecule has 8 heteroatoms. The smallest absolute Gasteiger partial charge is 0.246 e. The molecule has 136 valence electrons. The lowest BCUT2D eigenvalue weighted by Crippen LogP contribution is -2.40. The molecule has 1 N–H and O–H groups in total. The Labute approximate surface area is 155 Å². The maximum Gasteiger partial charge on any atom is 0.246 e. The molecule has 0 aliphatic carbocycles. The van der Waals surface area contributed by atoms with Gasteiger partial charge in [-0.05, 0) is 32.4 Å². The molecular formula is C17H23ClN4O2S. The van der Waals surface area contributed by atoms with E-state index in [0.717, 1.165) is 24.9 Å². The molecule has 2 aromatic rings. The van der Waals surface area contributed by atoms with Gasteiger partial charge >= 0.3 is 0 Å². The fourth-order valence-electron chi connectivity index (χ4n) is 2.98. The van der Waals surface area contributed by atoms with E-state index in [2.05, 4.69) is 15.3 Å². The molecule has 1 aliphatic rings. The first-order valence-corrected chi connectivity index (χ1v) is 9.57. The van der Waals surface area contributed by atoms with Crippen LogP contribution >= 0.6 is 12.4 Å². The lowest BCUT2D eigenvalue weighted by molar-refractivity contribution is 0.270. The molecule has 0 spiro atoms. The SMILES string of the molecule is CNCC1CCN(S(=O)(=O)c2cnc(-c3ccccc3)nc2)CC1.Cl. The predicted octanol–water partition coefficient (Wildman–Crippen LogP) is 2.19. The van der Waals surface area contributed by atoms with Crippen LogP contribution in [0.15, 0.2) is 47.6 Å². The molecule has 0 bridgehead atoms. The largest absolute Gasteiger partial charge is 0.319 e. The van der Waals surface area contributed by atoms with Crippen molar-refractivity contribution < 1.29 is 8.42 Å². The van der Waals surface area contributed by atoms with Crippen LogP contribution in [0.4, 0.5) is 0 Å². The topological polar surface area (TPSA) is 75.2 Å². The Morgan fingerprint density at radius 2 is 1.72 bits per heavy atom. The summed E-state index contributed by atoms with van der Waals surface area (Å²) in [5, 5.41) is 3.16. The second-order valence-corrected chi connectivity index (χ2v) is 7.95. The van der Waals surface area contributed by atoms with Crippen molar-refractivity contribution in [2.75, 3.05) is 26.7 Å². The van der Waals surface area contributed by atoms with E-state index < -0.39 is 10.0 Å². The number of nitrogens with one attached hydrogen (secondary N) is 1. The van der Waals surface area contributed by atoms with Crippen LogP contribution in [0.5, 0.6) is 0 Å². The van der Waals surface area contributed by atoms with Crippen molar-refractivity contribution in [2.24, 2.45) is 5.92 Å². The third-order valence-corrected chi connectivity index (χ3v) is 6.22. The number of hydrogen-bond acceptors (Lipinski definition) is 5. The maximum atomic E-state index is 12.7. The number of benzene rings is 1. The zero-order chi connectivity index (χ0) is 17.0. The fraction of sp³-hybridized carbons (Fsp3) is 0.412. The van der Waals surface area contributed by atoms with Gasteiger partial charge in [0, 0.05) is 18.7 Å². The van der Waals surface area contributed by atoms with E-state index in [4.69, 9.17) is 0 Å². The minimum absolute atomic E-state index is 0. The van der Waals surface area contributed by atoms with Crippen molar-refractivity contribution in [1.29, 1.82) is 0 Å². The summed E-state index contributed by atoms with van der Waals surface area (Å²) < 4.78 is 27.0. The summed E-state index contributed by atoms with van der Waals surface area (Å²) in [5.41, 5.74) is 0.870. The fourth-order valence-corrected chi connectivity index (χ4v) is 4.34. The van der Waals surface area contributed by atoms with Crippen LogP contribution in [0.1, 0.15) is 12.8 Å². The molecule has 0 radical (unpaired) electrons. The molecule has 3 rings (SSSR count). The van der Waals surface area contributed by atoms with Gasteiger partial charge in [0.05, 0.1) is 12.4 Å². The summed E-state index contributed by atoms with van der Waals surface area (Å²) in [5.74, 6) is 1.07. The zero-order valence-electron chi connectivity index (χ0n) is 14.1.